The first-order chi connectivity index (χ1) is 14.2. The third kappa shape index (κ3) is 4.98. The minimum absolute atomic E-state index is 0.343. The minimum Gasteiger partial charge on any atom is -0.377 e. The van der Waals surface area contributed by atoms with Gasteiger partial charge in [-0.25, -0.2) is 0 Å². The van der Waals surface area contributed by atoms with Gasteiger partial charge < -0.3 is 13.2 Å². The van der Waals surface area contributed by atoms with Crippen molar-refractivity contribution in [1.29, 1.82) is 0 Å². The normalized spacial score (nSPS) is 14.5. The summed E-state index contributed by atoms with van der Waals surface area (Å²) in [5, 5.41) is -8.46. The highest BCUT2D eigenvalue weighted by molar-refractivity contribution is 7.88. The van der Waals surface area contributed by atoms with E-state index < -0.39 is 52.0 Å². The Hall–Kier alpha value is -1.22. The lowest BCUT2D eigenvalue weighted by Gasteiger charge is -2.32. The van der Waals surface area contributed by atoms with Gasteiger partial charge in [0.25, 0.3) is 0 Å². The SMILES string of the molecule is CCOP(=O)(OCC)c1cc(Cl)ccc1OS(=O)(=O)C(F)(F)C(F)(F)C(F)(F)C(F)(F)F. The topological polar surface area (TPSA) is 78.9 Å². The molecule has 0 radical (unpaired) electrons. The van der Waals surface area contributed by atoms with Crippen LogP contribution >= 0.6 is 19.2 Å². The second-order valence-electron chi connectivity index (χ2n) is 5.65. The predicted molar refractivity (Wildman–Crippen MR) is 92.4 cm³/mol. The van der Waals surface area contributed by atoms with Crippen LogP contribution in [0.4, 0.5) is 39.5 Å². The molecule has 0 unspecified atom stereocenters. The van der Waals surface area contributed by atoms with E-state index >= 15 is 0 Å². The van der Waals surface area contributed by atoms with Gasteiger partial charge >= 0.3 is 41.0 Å². The third-order valence-electron chi connectivity index (χ3n) is 3.44. The highest BCUT2D eigenvalue weighted by Crippen LogP contribution is 2.55. The maximum Gasteiger partial charge on any atom is 0.460 e. The van der Waals surface area contributed by atoms with Crippen LogP contribution in [0.25, 0.3) is 0 Å². The van der Waals surface area contributed by atoms with Crippen LogP contribution < -0.4 is 9.49 Å². The lowest BCUT2D eigenvalue weighted by Crippen LogP contribution is -2.63. The molecule has 0 aliphatic carbocycles. The fourth-order valence-corrected chi connectivity index (χ4v) is 4.94. The molecular weight excluding hydrogens is 534 g/mol. The van der Waals surface area contributed by atoms with E-state index in [1.165, 1.54) is 13.8 Å². The molecule has 1 aromatic rings. The van der Waals surface area contributed by atoms with Gasteiger partial charge in [-0.3, -0.25) is 4.57 Å². The number of hydrogen-bond donors (Lipinski definition) is 0. The maximum absolute atomic E-state index is 13.9. The van der Waals surface area contributed by atoms with Crippen LogP contribution in [0.5, 0.6) is 5.75 Å². The molecule has 6 nitrogen and oxygen atoms in total. The molecule has 1 aromatic carbocycles. The molecule has 186 valence electrons. The van der Waals surface area contributed by atoms with Crippen LogP contribution in [0.2, 0.25) is 5.02 Å². The second kappa shape index (κ2) is 9.20. The summed E-state index contributed by atoms with van der Waals surface area (Å²) in [5.41, 5.74) is 0. The Balaban J connectivity index is 3.63. The standard InChI is InChI=1S/C14H13ClF9O6PS/c1-3-28-31(25,29-4-2)10-7-8(15)5-6-9(10)30-32(26,27)14(23,24)12(18,19)11(16,17)13(20,21)22/h5-7H,3-4H2,1-2H3. The highest BCUT2D eigenvalue weighted by atomic mass is 35.5. The van der Waals surface area contributed by atoms with Gasteiger partial charge in [-0.05, 0) is 32.0 Å². The fraction of sp³-hybridized carbons (Fsp3) is 0.571. The lowest BCUT2D eigenvalue weighted by atomic mass is 10.1. The van der Waals surface area contributed by atoms with E-state index in [2.05, 4.69) is 4.18 Å². The Morgan fingerprint density at radius 1 is 0.906 bits per heavy atom. The molecule has 32 heavy (non-hydrogen) atoms. The highest BCUT2D eigenvalue weighted by Gasteiger charge is 2.86. The molecule has 0 amide bonds. The van der Waals surface area contributed by atoms with Gasteiger partial charge in [-0.15, -0.1) is 0 Å². The van der Waals surface area contributed by atoms with E-state index in [1.807, 2.05) is 0 Å². The molecule has 0 N–H and O–H groups in total. The van der Waals surface area contributed by atoms with Crippen LogP contribution in [0, 0.1) is 0 Å². The summed E-state index contributed by atoms with van der Waals surface area (Å²) in [6, 6.07) is 1.73. The molecule has 0 aliphatic heterocycles. The second-order valence-corrected chi connectivity index (χ2v) is 9.66. The Morgan fingerprint density at radius 2 is 1.38 bits per heavy atom. The van der Waals surface area contributed by atoms with Gasteiger partial charge in [-0.2, -0.15) is 47.9 Å². The number of halogens is 10. The first-order valence-electron chi connectivity index (χ1n) is 8.05. The lowest BCUT2D eigenvalue weighted by molar-refractivity contribution is -0.382. The molecule has 0 saturated carbocycles. The average molecular weight is 547 g/mol. The van der Waals surface area contributed by atoms with Crippen molar-refractivity contribution in [2.24, 2.45) is 0 Å². The number of rotatable bonds is 10. The summed E-state index contributed by atoms with van der Waals surface area (Å²) >= 11 is 5.64. The minimum atomic E-state index is -7.51. The summed E-state index contributed by atoms with van der Waals surface area (Å²) < 4.78 is 167. The first-order valence-corrected chi connectivity index (χ1v) is 11.4. The smallest absolute Gasteiger partial charge is 0.377 e. The monoisotopic (exact) mass is 546 g/mol. The molecule has 0 fully saturated rings. The molecule has 0 spiro atoms. The summed E-state index contributed by atoms with van der Waals surface area (Å²) in [6.07, 6.45) is -7.25. The molecule has 0 bridgehead atoms. The van der Waals surface area contributed by atoms with E-state index in [-0.39, 0.29) is 18.2 Å². The quantitative estimate of drug-likeness (QED) is 0.223. The van der Waals surface area contributed by atoms with Gasteiger partial charge in [-0.1, -0.05) is 11.6 Å². The Labute approximate surface area is 180 Å². The van der Waals surface area contributed by atoms with Crippen LogP contribution in [0.3, 0.4) is 0 Å². The molecule has 1 rings (SSSR count). The van der Waals surface area contributed by atoms with E-state index in [0.717, 1.165) is 6.07 Å². The fourth-order valence-electron chi connectivity index (χ4n) is 1.98. The van der Waals surface area contributed by atoms with Crippen molar-refractivity contribution in [1.82, 2.24) is 0 Å². The van der Waals surface area contributed by atoms with E-state index in [1.54, 1.807) is 0 Å². The summed E-state index contributed by atoms with van der Waals surface area (Å²) in [7, 11) is -11.9. The molecule has 0 aliphatic rings. The van der Waals surface area contributed by atoms with Gasteiger partial charge in [0, 0.05) is 5.02 Å². The Kier molecular flexibility index (Phi) is 8.28. The van der Waals surface area contributed by atoms with Gasteiger partial charge in [0.15, 0.2) is 5.75 Å². The zero-order valence-corrected chi connectivity index (χ0v) is 18.2. The Morgan fingerprint density at radius 3 is 1.78 bits per heavy atom. The molecule has 18 heteroatoms. The largest absolute Gasteiger partial charge is 0.460 e. The van der Waals surface area contributed by atoms with Gasteiger partial charge in [0.05, 0.1) is 13.2 Å². The number of hydrogen-bond acceptors (Lipinski definition) is 6. The van der Waals surface area contributed by atoms with Crippen molar-refractivity contribution < 1.29 is 65.7 Å². The Bertz CT molecular complexity index is 973. The van der Waals surface area contributed by atoms with E-state index in [4.69, 9.17) is 20.6 Å². The average Bonchev–Trinajstić information content (AvgIpc) is 2.62. The maximum atomic E-state index is 13.9. The van der Waals surface area contributed by atoms with Crippen LogP contribution in [-0.2, 0) is 23.7 Å². The van der Waals surface area contributed by atoms with Gasteiger partial charge in [0.1, 0.15) is 5.30 Å². The van der Waals surface area contributed by atoms with Crippen molar-refractivity contribution in [3.63, 3.8) is 0 Å². The van der Waals surface area contributed by atoms with Crippen molar-refractivity contribution in [3.8, 4) is 5.75 Å². The third-order valence-corrected chi connectivity index (χ3v) is 7.10. The first kappa shape index (κ1) is 28.8. The van der Waals surface area contributed by atoms with Crippen molar-refractivity contribution in [2.45, 2.75) is 37.1 Å². The molecule has 0 saturated heterocycles. The summed E-state index contributed by atoms with van der Waals surface area (Å²) in [4.78, 5) is 0. The zero-order valence-electron chi connectivity index (χ0n) is 15.7. The van der Waals surface area contributed by atoms with E-state index in [9.17, 15) is 52.5 Å². The van der Waals surface area contributed by atoms with Crippen molar-refractivity contribution in [2.75, 3.05) is 13.2 Å². The summed E-state index contributed by atoms with van der Waals surface area (Å²) in [6.45, 7) is 1.76. The zero-order chi connectivity index (χ0) is 25.4. The van der Waals surface area contributed by atoms with E-state index in [0.29, 0.717) is 12.1 Å². The van der Waals surface area contributed by atoms with Crippen LogP contribution in [0.1, 0.15) is 13.8 Å². The number of alkyl halides is 9. The van der Waals surface area contributed by atoms with Crippen LogP contribution in [-0.4, -0.2) is 44.9 Å². The van der Waals surface area contributed by atoms with Crippen LogP contribution in [0.15, 0.2) is 18.2 Å². The predicted octanol–water partition coefficient (Wildman–Crippen LogP) is 5.37. The number of benzene rings is 1. The molecule has 0 atom stereocenters. The van der Waals surface area contributed by atoms with Crippen molar-refractivity contribution >= 4 is 34.6 Å². The molecule has 0 aromatic heterocycles. The molecule has 0 heterocycles. The molecular formula is C14H13ClF9O6PS. The van der Waals surface area contributed by atoms with Crippen molar-refractivity contribution in [3.05, 3.63) is 23.2 Å². The van der Waals surface area contributed by atoms with Gasteiger partial charge in [0.2, 0.25) is 0 Å². The summed E-state index contributed by atoms with van der Waals surface area (Å²) in [5.74, 6) is -16.4.